The van der Waals surface area contributed by atoms with Gasteiger partial charge in [0.25, 0.3) is 5.91 Å². The van der Waals surface area contributed by atoms with Gasteiger partial charge in [0.1, 0.15) is 5.82 Å². The molecule has 0 N–H and O–H groups in total. The highest BCUT2D eigenvalue weighted by Gasteiger charge is 2.23. The quantitative estimate of drug-likeness (QED) is 0.761. The predicted molar refractivity (Wildman–Crippen MR) is 78.4 cm³/mol. The normalized spacial score (nSPS) is 12.2. The van der Waals surface area contributed by atoms with E-state index in [0.29, 0.717) is 24.2 Å². The predicted octanol–water partition coefficient (Wildman–Crippen LogP) is 2.71. The Hall–Kier alpha value is -0.980. The van der Waals surface area contributed by atoms with Gasteiger partial charge in [-0.3, -0.25) is 4.79 Å². The highest BCUT2D eigenvalue weighted by molar-refractivity contribution is 9.10. The molecule has 112 valence electrons. The molecule has 1 unspecified atom stereocenters. The van der Waals surface area contributed by atoms with Gasteiger partial charge in [0.2, 0.25) is 0 Å². The molecule has 0 saturated carbocycles. The van der Waals surface area contributed by atoms with Gasteiger partial charge in [-0.05, 0) is 25.1 Å². The molecule has 0 fully saturated rings. The second-order valence-corrected chi connectivity index (χ2v) is 5.34. The average molecular weight is 348 g/mol. The van der Waals surface area contributed by atoms with Crippen molar-refractivity contribution in [3.05, 3.63) is 34.1 Å². The summed E-state index contributed by atoms with van der Waals surface area (Å²) in [6, 6.07) is 4.24. The lowest BCUT2D eigenvalue weighted by Crippen LogP contribution is -2.43. The van der Waals surface area contributed by atoms with Crippen LogP contribution in [0.25, 0.3) is 0 Å². The lowest BCUT2D eigenvalue weighted by molar-refractivity contribution is 0.0475. The Kier molecular flexibility index (Phi) is 7.12. The molecule has 0 bridgehead atoms. The van der Waals surface area contributed by atoms with Crippen LogP contribution in [0, 0.1) is 5.82 Å². The smallest absolute Gasteiger partial charge is 0.257 e. The van der Waals surface area contributed by atoms with Crippen LogP contribution in [-0.2, 0) is 9.47 Å². The Morgan fingerprint density at radius 3 is 2.65 bits per heavy atom. The van der Waals surface area contributed by atoms with E-state index in [1.165, 1.54) is 12.1 Å². The summed E-state index contributed by atoms with van der Waals surface area (Å²) in [6.07, 6.45) is 0. The molecule has 20 heavy (non-hydrogen) atoms. The lowest BCUT2D eigenvalue weighted by Gasteiger charge is -2.28. The summed E-state index contributed by atoms with van der Waals surface area (Å²) in [5, 5.41) is 0. The number of benzene rings is 1. The minimum Gasteiger partial charge on any atom is -0.383 e. The van der Waals surface area contributed by atoms with Gasteiger partial charge in [0, 0.05) is 25.2 Å². The Balaban J connectivity index is 2.96. The number of amides is 1. The first-order valence-corrected chi connectivity index (χ1v) is 7.04. The molecule has 1 aromatic carbocycles. The van der Waals surface area contributed by atoms with Crippen LogP contribution in [0.15, 0.2) is 22.7 Å². The van der Waals surface area contributed by atoms with Crippen molar-refractivity contribution in [2.24, 2.45) is 0 Å². The second kappa shape index (κ2) is 8.34. The topological polar surface area (TPSA) is 38.8 Å². The summed E-state index contributed by atoms with van der Waals surface area (Å²) in [7, 11) is 3.12. The molecule has 4 nitrogen and oxygen atoms in total. The monoisotopic (exact) mass is 347 g/mol. The van der Waals surface area contributed by atoms with Crippen LogP contribution in [0.2, 0.25) is 0 Å². The maximum atomic E-state index is 13.9. The van der Waals surface area contributed by atoms with Gasteiger partial charge in [-0.25, -0.2) is 4.39 Å². The Morgan fingerprint density at radius 1 is 1.40 bits per heavy atom. The molecule has 0 aliphatic heterocycles. The van der Waals surface area contributed by atoms with Crippen LogP contribution in [0.1, 0.15) is 17.3 Å². The number of carbonyl (C=O) groups excluding carboxylic acids is 1. The number of rotatable bonds is 7. The van der Waals surface area contributed by atoms with Crippen molar-refractivity contribution < 1.29 is 18.7 Å². The number of hydrogen-bond acceptors (Lipinski definition) is 3. The van der Waals surface area contributed by atoms with Crippen molar-refractivity contribution in [3.63, 3.8) is 0 Å². The summed E-state index contributed by atoms with van der Waals surface area (Å²) >= 11 is 3.17. The molecule has 1 atom stereocenters. The first kappa shape index (κ1) is 17.1. The van der Waals surface area contributed by atoms with Crippen molar-refractivity contribution in [2.75, 3.05) is 34.0 Å². The summed E-state index contributed by atoms with van der Waals surface area (Å²) < 4.78 is 24.6. The lowest BCUT2D eigenvalue weighted by atomic mass is 10.1. The van der Waals surface area contributed by atoms with E-state index in [0.717, 1.165) is 0 Å². The Morgan fingerprint density at radius 2 is 2.10 bits per heavy atom. The third-order valence-electron chi connectivity index (χ3n) is 2.90. The molecule has 6 heteroatoms. The number of methoxy groups -OCH3 is 2. The average Bonchev–Trinajstić information content (AvgIpc) is 2.39. The van der Waals surface area contributed by atoms with Crippen LogP contribution in [0.4, 0.5) is 4.39 Å². The van der Waals surface area contributed by atoms with E-state index in [-0.39, 0.29) is 17.5 Å². The molecular formula is C14H19BrFNO3. The number of halogens is 2. The highest BCUT2D eigenvalue weighted by atomic mass is 79.9. The van der Waals surface area contributed by atoms with Crippen molar-refractivity contribution >= 4 is 21.8 Å². The minimum absolute atomic E-state index is 0.0484. The van der Waals surface area contributed by atoms with E-state index in [1.54, 1.807) is 25.2 Å². The summed E-state index contributed by atoms with van der Waals surface area (Å²) in [5.74, 6) is -0.909. The molecule has 0 spiro atoms. The van der Waals surface area contributed by atoms with E-state index < -0.39 is 5.82 Å². The fourth-order valence-corrected chi connectivity index (χ4v) is 2.19. The van der Waals surface area contributed by atoms with Crippen LogP contribution in [0.5, 0.6) is 0 Å². The van der Waals surface area contributed by atoms with Gasteiger partial charge in [-0.15, -0.1) is 0 Å². The van der Waals surface area contributed by atoms with Crippen LogP contribution >= 0.6 is 15.9 Å². The Bertz CT molecular complexity index is 456. The SMILES string of the molecule is COCCN(C(=O)c1ccc(Br)cc1F)C(C)COC. The zero-order chi connectivity index (χ0) is 15.1. The van der Waals surface area contributed by atoms with Crippen LogP contribution in [-0.4, -0.2) is 50.8 Å². The van der Waals surface area contributed by atoms with Crippen molar-refractivity contribution in [1.29, 1.82) is 0 Å². The molecule has 0 saturated heterocycles. The summed E-state index contributed by atoms with van der Waals surface area (Å²) in [4.78, 5) is 14.0. The highest BCUT2D eigenvalue weighted by Crippen LogP contribution is 2.18. The number of nitrogens with zero attached hydrogens (tertiary/aromatic N) is 1. The van der Waals surface area contributed by atoms with E-state index in [9.17, 15) is 9.18 Å². The van der Waals surface area contributed by atoms with E-state index in [4.69, 9.17) is 9.47 Å². The van der Waals surface area contributed by atoms with Crippen molar-refractivity contribution in [1.82, 2.24) is 4.90 Å². The molecule has 0 aliphatic rings. The fourth-order valence-electron chi connectivity index (χ4n) is 1.86. The zero-order valence-corrected chi connectivity index (χ0v) is 13.4. The second-order valence-electron chi connectivity index (χ2n) is 4.42. The number of hydrogen-bond donors (Lipinski definition) is 0. The van der Waals surface area contributed by atoms with E-state index in [1.807, 2.05) is 6.92 Å². The van der Waals surface area contributed by atoms with Crippen LogP contribution in [0.3, 0.4) is 0 Å². The van der Waals surface area contributed by atoms with Crippen molar-refractivity contribution in [3.8, 4) is 0 Å². The molecule has 0 aliphatic carbocycles. The fraction of sp³-hybridized carbons (Fsp3) is 0.500. The molecule has 0 radical (unpaired) electrons. The van der Waals surface area contributed by atoms with E-state index in [2.05, 4.69) is 15.9 Å². The zero-order valence-electron chi connectivity index (χ0n) is 11.9. The molecule has 1 aromatic rings. The first-order valence-electron chi connectivity index (χ1n) is 6.25. The summed E-state index contributed by atoms with van der Waals surface area (Å²) in [6.45, 7) is 3.01. The van der Waals surface area contributed by atoms with Crippen LogP contribution < -0.4 is 0 Å². The van der Waals surface area contributed by atoms with Crippen molar-refractivity contribution in [2.45, 2.75) is 13.0 Å². The number of ether oxygens (including phenoxy) is 2. The molecular weight excluding hydrogens is 329 g/mol. The molecule has 0 heterocycles. The van der Waals surface area contributed by atoms with Gasteiger partial charge in [-0.1, -0.05) is 15.9 Å². The number of carbonyl (C=O) groups is 1. The van der Waals surface area contributed by atoms with Gasteiger partial charge in [0.05, 0.1) is 24.8 Å². The standard InChI is InChI=1S/C14H19BrFNO3/c1-10(9-20-3)17(6-7-19-2)14(18)12-5-4-11(15)8-13(12)16/h4-5,8,10H,6-7,9H2,1-3H3. The van der Waals surface area contributed by atoms with Gasteiger partial charge in [0.15, 0.2) is 0 Å². The summed E-state index contributed by atoms with van der Waals surface area (Å²) in [5.41, 5.74) is 0.0484. The minimum atomic E-state index is -0.545. The van der Waals surface area contributed by atoms with E-state index >= 15 is 0 Å². The maximum absolute atomic E-state index is 13.9. The van der Waals surface area contributed by atoms with Gasteiger partial charge in [-0.2, -0.15) is 0 Å². The molecule has 0 aromatic heterocycles. The third kappa shape index (κ3) is 4.54. The first-order chi connectivity index (χ1) is 9.51. The third-order valence-corrected chi connectivity index (χ3v) is 3.39. The van der Waals surface area contributed by atoms with Gasteiger partial charge < -0.3 is 14.4 Å². The maximum Gasteiger partial charge on any atom is 0.257 e. The Labute approximate surface area is 127 Å². The largest absolute Gasteiger partial charge is 0.383 e. The van der Waals surface area contributed by atoms with Gasteiger partial charge >= 0.3 is 0 Å². The molecule has 1 amide bonds. The molecule has 1 rings (SSSR count).